The summed E-state index contributed by atoms with van der Waals surface area (Å²) in [5.74, 6) is 1.61. The summed E-state index contributed by atoms with van der Waals surface area (Å²) in [4.78, 5) is 24.3. The Hall–Kier alpha value is -0.590. The van der Waals surface area contributed by atoms with Crippen molar-refractivity contribution in [3.63, 3.8) is 0 Å². The number of ketones is 1. The molecule has 0 atom stereocenters. The van der Waals surface area contributed by atoms with Gasteiger partial charge in [-0.2, -0.15) is 0 Å². The number of carbonyl (C=O) groups is 2. The molecule has 0 aliphatic heterocycles. The molecule has 0 spiro atoms. The number of Topliss-reactive ketones (excluding diaryl/α,β-unsaturated/α-hetero) is 1. The molecular formula is C20H37NO4S. The molecule has 0 aromatic heterocycles. The predicted octanol–water partition coefficient (Wildman–Crippen LogP) is 3.66. The molecule has 1 rings (SSSR count). The van der Waals surface area contributed by atoms with E-state index in [0.717, 1.165) is 64.1 Å². The van der Waals surface area contributed by atoms with Gasteiger partial charge in [0.15, 0.2) is 0 Å². The zero-order chi connectivity index (χ0) is 19.2. The van der Waals surface area contributed by atoms with Crippen molar-refractivity contribution in [1.82, 2.24) is 5.32 Å². The van der Waals surface area contributed by atoms with E-state index in [0.29, 0.717) is 18.9 Å². The minimum atomic E-state index is 0.0772. The molecule has 1 aliphatic carbocycles. The molecule has 0 unspecified atom stereocenters. The molecule has 1 amide bonds. The number of unbranched alkanes of at least 4 members (excludes halogenated alkanes) is 1. The van der Waals surface area contributed by atoms with Crippen molar-refractivity contribution in [2.45, 2.75) is 58.8 Å². The molecule has 1 N–H and O–H groups in total. The third-order valence-corrected chi connectivity index (χ3v) is 5.26. The fourth-order valence-electron chi connectivity index (χ4n) is 3.29. The van der Waals surface area contributed by atoms with Gasteiger partial charge in [-0.05, 0) is 51.2 Å². The van der Waals surface area contributed by atoms with E-state index in [2.05, 4.69) is 5.32 Å². The van der Waals surface area contributed by atoms with Crippen LogP contribution in [0.1, 0.15) is 58.8 Å². The third-order valence-electron chi connectivity index (χ3n) is 4.86. The zero-order valence-electron chi connectivity index (χ0n) is 16.8. The number of hydrogen-bond acceptors (Lipinski definition) is 5. The van der Waals surface area contributed by atoms with Crippen LogP contribution in [0.25, 0.3) is 0 Å². The van der Waals surface area contributed by atoms with Crippen LogP contribution >= 0.6 is 11.8 Å². The molecule has 1 saturated carbocycles. The summed E-state index contributed by atoms with van der Waals surface area (Å²) in [6.07, 6.45) is 8.31. The smallest absolute Gasteiger partial charge is 0.223 e. The molecule has 0 bridgehead atoms. The first-order valence-corrected chi connectivity index (χ1v) is 11.4. The molecule has 0 aromatic rings. The second-order valence-corrected chi connectivity index (χ2v) is 8.20. The van der Waals surface area contributed by atoms with Gasteiger partial charge in [0, 0.05) is 44.1 Å². The predicted molar refractivity (Wildman–Crippen MR) is 107 cm³/mol. The van der Waals surface area contributed by atoms with E-state index in [1.165, 1.54) is 0 Å². The van der Waals surface area contributed by atoms with Crippen LogP contribution in [0.5, 0.6) is 0 Å². The lowest BCUT2D eigenvalue weighted by molar-refractivity contribution is -0.130. The van der Waals surface area contributed by atoms with Crippen molar-refractivity contribution in [3.05, 3.63) is 0 Å². The van der Waals surface area contributed by atoms with Crippen LogP contribution in [-0.2, 0) is 19.1 Å². The number of ether oxygens (including phenoxy) is 2. The summed E-state index contributed by atoms with van der Waals surface area (Å²) in [6, 6.07) is 0. The van der Waals surface area contributed by atoms with Gasteiger partial charge < -0.3 is 14.8 Å². The molecule has 152 valence electrons. The lowest BCUT2D eigenvalue weighted by atomic mass is 9.77. The van der Waals surface area contributed by atoms with Crippen LogP contribution in [0, 0.1) is 17.8 Å². The first-order chi connectivity index (χ1) is 12.6. The number of hydrogen-bond donors (Lipinski definition) is 1. The van der Waals surface area contributed by atoms with E-state index < -0.39 is 0 Å². The fraction of sp³-hybridized carbons (Fsp3) is 0.900. The largest absolute Gasteiger partial charge is 0.381 e. The summed E-state index contributed by atoms with van der Waals surface area (Å²) in [7, 11) is 0. The normalized spacial score (nSPS) is 20.3. The summed E-state index contributed by atoms with van der Waals surface area (Å²) < 4.78 is 11.0. The summed E-state index contributed by atoms with van der Waals surface area (Å²) in [5, 5.41) is 3.02. The Morgan fingerprint density at radius 3 is 2.15 bits per heavy atom. The number of amides is 1. The SMILES string of the molecule is CSCOCCCCOCCCNC(=O)C1CCC(C(=O)C(C)C)CC1. The van der Waals surface area contributed by atoms with Crippen LogP contribution in [-0.4, -0.2) is 50.3 Å². The first-order valence-electron chi connectivity index (χ1n) is 10.0. The molecule has 26 heavy (non-hydrogen) atoms. The van der Waals surface area contributed by atoms with Gasteiger partial charge in [0.2, 0.25) is 5.91 Å². The van der Waals surface area contributed by atoms with E-state index >= 15 is 0 Å². The molecule has 1 fully saturated rings. The zero-order valence-corrected chi connectivity index (χ0v) is 17.6. The van der Waals surface area contributed by atoms with Gasteiger partial charge >= 0.3 is 0 Å². The maximum atomic E-state index is 12.2. The molecular weight excluding hydrogens is 350 g/mol. The number of nitrogens with one attached hydrogen (secondary N) is 1. The average Bonchev–Trinajstić information content (AvgIpc) is 2.65. The molecule has 0 heterocycles. The molecule has 0 saturated heterocycles. The molecule has 6 heteroatoms. The average molecular weight is 388 g/mol. The van der Waals surface area contributed by atoms with Crippen molar-refractivity contribution in [2.75, 3.05) is 38.6 Å². The molecule has 0 aromatic carbocycles. The fourth-order valence-corrected chi connectivity index (χ4v) is 3.58. The van der Waals surface area contributed by atoms with Gasteiger partial charge in [-0.15, -0.1) is 11.8 Å². The highest BCUT2D eigenvalue weighted by molar-refractivity contribution is 7.98. The Morgan fingerprint density at radius 1 is 0.962 bits per heavy atom. The minimum Gasteiger partial charge on any atom is -0.381 e. The summed E-state index contributed by atoms with van der Waals surface area (Å²) in [6.45, 7) is 6.82. The Balaban J connectivity index is 1.97. The van der Waals surface area contributed by atoms with Crippen molar-refractivity contribution in [2.24, 2.45) is 17.8 Å². The molecule has 1 aliphatic rings. The van der Waals surface area contributed by atoms with Crippen molar-refractivity contribution in [3.8, 4) is 0 Å². The Morgan fingerprint density at radius 2 is 1.54 bits per heavy atom. The quantitative estimate of drug-likeness (QED) is 0.364. The van der Waals surface area contributed by atoms with Crippen LogP contribution in [0.15, 0.2) is 0 Å². The summed E-state index contributed by atoms with van der Waals surface area (Å²) in [5.41, 5.74) is 0. The lowest BCUT2D eigenvalue weighted by Gasteiger charge is -2.27. The standard InChI is InChI=1S/C20H37NO4S/c1-16(2)19(22)17-7-9-18(10-8-17)20(23)21-11-6-14-24-12-4-5-13-25-15-26-3/h16-18H,4-15H2,1-3H3,(H,21,23). The van der Waals surface area contributed by atoms with Crippen LogP contribution in [0.4, 0.5) is 0 Å². The van der Waals surface area contributed by atoms with E-state index in [-0.39, 0.29) is 23.7 Å². The Kier molecular flexibility index (Phi) is 13.0. The maximum Gasteiger partial charge on any atom is 0.223 e. The van der Waals surface area contributed by atoms with Crippen molar-refractivity contribution >= 4 is 23.5 Å². The van der Waals surface area contributed by atoms with Gasteiger partial charge in [0.05, 0.1) is 5.94 Å². The number of thioether (sulfide) groups is 1. The van der Waals surface area contributed by atoms with E-state index in [9.17, 15) is 9.59 Å². The highest BCUT2D eigenvalue weighted by Crippen LogP contribution is 2.31. The van der Waals surface area contributed by atoms with Gasteiger partial charge in [-0.3, -0.25) is 9.59 Å². The molecule has 5 nitrogen and oxygen atoms in total. The van der Waals surface area contributed by atoms with E-state index in [1.807, 2.05) is 20.1 Å². The second kappa shape index (κ2) is 14.5. The van der Waals surface area contributed by atoms with Crippen molar-refractivity contribution < 1.29 is 19.1 Å². The number of carbonyl (C=O) groups excluding carboxylic acids is 2. The first kappa shape index (κ1) is 23.4. The highest BCUT2D eigenvalue weighted by Gasteiger charge is 2.30. The van der Waals surface area contributed by atoms with Gasteiger partial charge in [-0.1, -0.05) is 13.8 Å². The monoisotopic (exact) mass is 387 g/mol. The van der Waals surface area contributed by atoms with Crippen LogP contribution < -0.4 is 5.32 Å². The minimum absolute atomic E-state index is 0.0772. The van der Waals surface area contributed by atoms with Gasteiger partial charge in [-0.25, -0.2) is 0 Å². The van der Waals surface area contributed by atoms with Crippen LogP contribution in [0.2, 0.25) is 0 Å². The number of rotatable bonds is 14. The maximum absolute atomic E-state index is 12.2. The van der Waals surface area contributed by atoms with Crippen LogP contribution in [0.3, 0.4) is 0 Å². The van der Waals surface area contributed by atoms with Crippen molar-refractivity contribution in [1.29, 1.82) is 0 Å². The molecule has 0 radical (unpaired) electrons. The van der Waals surface area contributed by atoms with Gasteiger partial charge in [0.1, 0.15) is 5.78 Å². The van der Waals surface area contributed by atoms with Gasteiger partial charge in [0.25, 0.3) is 0 Å². The van der Waals surface area contributed by atoms with E-state index in [4.69, 9.17) is 9.47 Å². The Labute approximate surface area is 163 Å². The van der Waals surface area contributed by atoms with E-state index in [1.54, 1.807) is 11.8 Å². The lowest BCUT2D eigenvalue weighted by Crippen LogP contribution is -2.35. The topological polar surface area (TPSA) is 64.6 Å². The Bertz CT molecular complexity index is 395. The highest BCUT2D eigenvalue weighted by atomic mass is 32.2. The second-order valence-electron chi connectivity index (χ2n) is 7.38. The third kappa shape index (κ3) is 9.93. The summed E-state index contributed by atoms with van der Waals surface area (Å²) >= 11 is 1.69.